The Labute approximate surface area is 80.7 Å². The SMILES string of the molecule is CCN(C)C(C)(CC(C)C)C(=O)O. The molecule has 0 saturated carbocycles. The molecule has 0 fully saturated rings. The summed E-state index contributed by atoms with van der Waals surface area (Å²) in [4.78, 5) is 13.0. The van der Waals surface area contributed by atoms with Gasteiger partial charge in [0.25, 0.3) is 0 Å². The highest BCUT2D eigenvalue weighted by atomic mass is 16.4. The first-order chi connectivity index (χ1) is 5.84. The maximum absolute atomic E-state index is 11.1. The van der Waals surface area contributed by atoms with Crippen LogP contribution in [0, 0.1) is 5.92 Å². The quantitative estimate of drug-likeness (QED) is 0.713. The second-order valence-corrected chi connectivity index (χ2v) is 4.19. The molecule has 0 spiro atoms. The Balaban J connectivity index is 4.62. The van der Waals surface area contributed by atoms with Gasteiger partial charge < -0.3 is 5.11 Å². The van der Waals surface area contributed by atoms with E-state index in [1.54, 1.807) is 6.92 Å². The molecule has 0 aliphatic rings. The van der Waals surface area contributed by atoms with E-state index in [2.05, 4.69) is 0 Å². The van der Waals surface area contributed by atoms with Crippen molar-refractivity contribution in [1.82, 2.24) is 4.90 Å². The minimum Gasteiger partial charge on any atom is -0.480 e. The third-order valence-corrected chi connectivity index (χ3v) is 2.58. The highest BCUT2D eigenvalue weighted by Crippen LogP contribution is 2.22. The first-order valence-corrected chi connectivity index (χ1v) is 4.79. The summed E-state index contributed by atoms with van der Waals surface area (Å²) >= 11 is 0. The number of nitrogens with zero attached hydrogens (tertiary/aromatic N) is 1. The molecule has 1 N–H and O–H groups in total. The van der Waals surface area contributed by atoms with E-state index >= 15 is 0 Å². The van der Waals surface area contributed by atoms with Crippen LogP contribution in [-0.2, 0) is 4.79 Å². The number of carboxylic acids is 1. The average Bonchev–Trinajstić information content (AvgIpc) is 2.01. The fourth-order valence-electron chi connectivity index (χ4n) is 1.55. The van der Waals surface area contributed by atoms with Gasteiger partial charge in [0.15, 0.2) is 0 Å². The third kappa shape index (κ3) is 2.99. The number of carboxylic acid groups (broad SMARTS) is 1. The third-order valence-electron chi connectivity index (χ3n) is 2.58. The van der Waals surface area contributed by atoms with Crippen molar-refractivity contribution in [3.05, 3.63) is 0 Å². The molecular weight excluding hydrogens is 166 g/mol. The van der Waals surface area contributed by atoms with Crippen LogP contribution in [-0.4, -0.2) is 35.1 Å². The van der Waals surface area contributed by atoms with Gasteiger partial charge in [0.05, 0.1) is 0 Å². The summed E-state index contributed by atoms with van der Waals surface area (Å²) in [6.07, 6.45) is 0.687. The lowest BCUT2D eigenvalue weighted by Gasteiger charge is -2.35. The van der Waals surface area contributed by atoms with Crippen molar-refractivity contribution >= 4 is 5.97 Å². The highest BCUT2D eigenvalue weighted by molar-refractivity contribution is 5.78. The van der Waals surface area contributed by atoms with Crippen LogP contribution in [0.15, 0.2) is 0 Å². The van der Waals surface area contributed by atoms with Crippen LogP contribution in [0.25, 0.3) is 0 Å². The summed E-state index contributed by atoms with van der Waals surface area (Å²) in [5, 5.41) is 9.14. The topological polar surface area (TPSA) is 40.5 Å². The summed E-state index contributed by atoms with van der Waals surface area (Å²) < 4.78 is 0. The molecule has 0 saturated heterocycles. The van der Waals surface area contributed by atoms with E-state index in [0.29, 0.717) is 12.3 Å². The monoisotopic (exact) mass is 187 g/mol. The molecule has 0 bridgehead atoms. The summed E-state index contributed by atoms with van der Waals surface area (Å²) in [7, 11) is 1.86. The first-order valence-electron chi connectivity index (χ1n) is 4.79. The van der Waals surface area contributed by atoms with Crippen molar-refractivity contribution < 1.29 is 9.90 Å². The Morgan fingerprint density at radius 1 is 1.54 bits per heavy atom. The van der Waals surface area contributed by atoms with Crippen LogP contribution >= 0.6 is 0 Å². The van der Waals surface area contributed by atoms with Gasteiger partial charge >= 0.3 is 5.97 Å². The first kappa shape index (κ1) is 12.4. The molecule has 1 unspecified atom stereocenters. The van der Waals surface area contributed by atoms with Crippen LogP contribution in [0.3, 0.4) is 0 Å². The van der Waals surface area contributed by atoms with Crippen LogP contribution in [0.5, 0.6) is 0 Å². The lowest BCUT2D eigenvalue weighted by molar-refractivity contribution is -0.150. The molecule has 13 heavy (non-hydrogen) atoms. The van der Waals surface area contributed by atoms with Crippen LogP contribution in [0.2, 0.25) is 0 Å². The highest BCUT2D eigenvalue weighted by Gasteiger charge is 2.37. The van der Waals surface area contributed by atoms with Gasteiger partial charge in [-0.2, -0.15) is 0 Å². The Bertz CT molecular complexity index is 180. The van der Waals surface area contributed by atoms with E-state index in [1.807, 2.05) is 32.7 Å². The molecule has 0 aliphatic carbocycles. The average molecular weight is 187 g/mol. The molecule has 0 heterocycles. The Kier molecular flexibility index (Phi) is 4.40. The number of aliphatic carboxylic acids is 1. The molecule has 1 atom stereocenters. The minimum absolute atomic E-state index is 0.398. The molecule has 0 aromatic carbocycles. The Morgan fingerprint density at radius 2 is 2.00 bits per heavy atom. The molecule has 0 aromatic heterocycles. The van der Waals surface area contributed by atoms with Crippen molar-refractivity contribution in [2.75, 3.05) is 13.6 Å². The normalized spacial score (nSPS) is 16.2. The van der Waals surface area contributed by atoms with E-state index in [1.165, 1.54) is 0 Å². The predicted octanol–water partition coefficient (Wildman–Crippen LogP) is 1.83. The summed E-state index contributed by atoms with van der Waals surface area (Å²) in [5.41, 5.74) is -0.719. The fourth-order valence-corrected chi connectivity index (χ4v) is 1.55. The summed E-state index contributed by atoms with van der Waals surface area (Å²) in [5.74, 6) is -0.333. The fraction of sp³-hybridized carbons (Fsp3) is 0.900. The molecule has 78 valence electrons. The van der Waals surface area contributed by atoms with E-state index in [4.69, 9.17) is 5.11 Å². The molecule has 3 heteroatoms. The second-order valence-electron chi connectivity index (χ2n) is 4.19. The molecular formula is C10H21NO2. The smallest absolute Gasteiger partial charge is 0.323 e. The molecule has 0 radical (unpaired) electrons. The van der Waals surface area contributed by atoms with Gasteiger partial charge in [-0.25, -0.2) is 0 Å². The zero-order valence-electron chi connectivity index (χ0n) is 9.29. The Hall–Kier alpha value is -0.570. The number of rotatable bonds is 5. The van der Waals surface area contributed by atoms with E-state index in [9.17, 15) is 4.79 Å². The van der Waals surface area contributed by atoms with E-state index in [0.717, 1.165) is 6.54 Å². The molecule has 3 nitrogen and oxygen atoms in total. The second kappa shape index (κ2) is 4.61. The Morgan fingerprint density at radius 3 is 2.23 bits per heavy atom. The maximum Gasteiger partial charge on any atom is 0.323 e. The molecule has 0 aromatic rings. The van der Waals surface area contributed by atoms with Crippen LogP contribution in [0.1, 0.15) is 34.1 Å². The van der Waals surface area contributed by atoms with E-state index in [-0.39, 0.29) is 0 Å². The number of likely N-dealkylation sites (N-methyl/N-ethyl adjacent to an activating group) is 1. The van der Waals surface area contributed by atoms with Crippen molar-refractivity contribution in [2.45, 2.75) is 39.7 Å². The predicted molar refractivity (Wildman–Crippen MR) is 53.8 cm³/mol. The van der Waals surface area contributed by atoms with Crippen LogP contribution in [0.4, 0.5) is 0 Å². The van der Waals surface area contributed by atoms with Crippen molar-refractivity contribution in [2.24, 2.45) is 5.92 Å². The van der Waals surface area contributed by atoms with Gasteiger partial charge in [0, 0.05) is 0 Å². The zero-order valence-corrected chi connectivity index (χ0v) is 9.29. The molecule has 0 rings (SSSR count). The largest absolute Gasteiger partial charge is 0.480 e. The van der Waals surface area contributed by atoms with Gasteiger partial charge in [0.1, 0.15) is 5.54 Å². The van der Waals surface area contributed by atoms with E-state index < -0.39 is 11.5 Å². The van der Waals surface area contributed by atoms with Gasteiger partial charge in [-0.3, -0.25) is 9.69 Å². The maximum atomic E-state index is 11.1. The van der Waals surface area contributed by atoms with Gasteiger partial charge in [-0.05, 0) is 32.9 Å². The summed E-state index contributed by atoms with van der Waals surface area (Å²) in [6.45, 7) is 8.62. The standard InChI is InChI=1S/C10H21NO2/c1-6-11(5)10(4,9(12)13)7-8(2)3/h8H,6-7H2,1-5H3,(H,12,13). The van der Waals surface area contributed by atoms with Gasteiger partial charge in [-0.15, -0.1) is 0 Å². The lowest BCUT2D eigenvalue weighted by Crippen LogP contribution is -2.51. The van der Waals surface area contributed by atoms with Gasteiger partial charge in [0.2, 0.25) is 0 Å². The number of hydrogen-bond donors (Lipinski definition) is 1. The summed E-state index contributed by atoms with van der Waals surface area (Å²) in [6, 6.07) is 0. The van der Waals surface area contributed by atoms with Crippen molar-refractivity contribution in [1.29, 1.82) is 0 Å². The van der Waals surface area contributed by atoms with Gasteiger partial charge in [-0.1, -0.05) is 20.8 Å². The van der Waals surface area contributed by atoms with Crippen molar-refractivity contribution in [3.63, 3.8) is 0 Å². The lowest BCUT2D eigenvalue weighted by atomic mass is 9.89. The van der Waals surface area contributed by atoms with Crippen LogP contribution < -0.4 is 0 Å². The van der Waals surface area contributed by atoms with Crippen molar-refractivity contribution in [3.8, 4) is 0 Å². The number of carbonyl (C=O) groups is 1. The number of hydrogen-bond acceptors (Lipinski definition) is 2. The molecule has 0 amide bonds. The zero-order chi connectivity index (χ0) is 10.6. The minimum atomic E-state index is -0.731. The molecule has 0 aliphatic heterocycles.